The molecule has 5 nitrogen and oxygen atoms in total. The van der Waals surface area contributed by atoms with Gasteiger partial charge >= 0.3 is 5.97 Å². The Bertz CT molecular complexity index is 636. The van der Waals surface area contributed by atoms with E-state index >= 15 is 0 Å². The zero-order valence-electron chi connectivity index (χ0n) is 12.1. The van der Waals surface area contributed by atoms with E-state index < -0.39 is 5.97 Å². The summed E-state index contributed by atoms with van der Waals surface area (Å²) in [5.74, 6) is -0.722. The zero-order valence-corrected chi connectivity index (χ0v) is 12.1. The number of aromatic nitrogens is 2. The molecule has 2 heterocycles. The molecule has 0 aliphatic carbocycles. The van der Waals surface area contributed by atoms with E-state index in [9.17, 15) is 9.90 Å². The van der Waals surface area contributed by atoms with Gasteiger partial charge in [-0.2, -0.15) is 5.10 Å². The Balaban J connectivity index is 1.81. The smallest absolute Gasteiger partial charge is 0.320 e. The molecule has 1 aromatic carbocycles. The molecule has 3 rings (SSSR count). The topological polar surface area (TPSA) is 58.4 Å². The molecule has 0 saturated carbocycles. The van der Waals surface area contributed by atoms with Gasteiger partial charge in [0.1, 0.15) is 6.04 Å². The minimum atomic E-state index is -0.722. The fourth-order valence-corrected chi connectivity index (χ4v) is 2.88. The van der Waals surface area contributed by atoms with E-state index in [1.807, 2.05) is 53.0 Å². The van der Waals surface area contributed by atoms with Crippen LogP contribution in [0.2, 0.25) is 0 Å². The number of aliphatic carboxylic acids is 1. The summed E-state index contributed by atoms with van der Waals surface area (Å²) in [4.78, 5) is 13.3. The monoisotopic (exact) mass is 285 g/mol. The Kier molecular flexibility index (Phi) is 3.75. The molecule has 0 bridgehead atoms. The summed E-state index contributed by atoms with van der Waals surface area (Å²) in [5.41, 5.74) is 3.06. The van der Waals surface area contributed by atoms with E-state index in [-0.39, 0.29) is 6.04 Å². The molecule has 0 unspecified atom stereocenters. The van der Waals surface area contributed by atoms with Gasteiger partial charge in [-0.25, -0.2) is 4.68 Å². The highest BCUT2D eigenvalue weighted by atomic mass is 16.4. The standard InChI is InChI=1S/C16H19N3O2/c1-12-13(10-18-9-5-8-15(18)16(20)21)11-19(17-12)14-6-3-2-4-7-14/h2-4,6-7,11,15H,5,8-10H2,1H3,(H,20,21)/t15-/m0/s1. The number of carbonyl (C=O) groups is 1. The molecule has 0 spiro atoms. The fraction of sp³-hybridized carbons (Fsp3) is 0.375. The van der Waals surface area contributed by atoms with Crippen LogP contribution in [0.4, 0.5) is 0 Å². The highest BCUT2D eigenvalue weighted by molar-refractivity contribution is 5.73. The van der Waals surface area contributed by atoms with E-state index in [0.717, 1.165) is 36.3 Å². The number of carboxylic acid groups (broad SMARTS) is 1. The first kappa shape index (κ1) is 13.8. The molecule has 1 aromatic heterocycles. The van der Waals surface area contributed by atoms with Gasteiger partial charge in [0.25, 0.3) is 0 Å². The molecule has 1 aliphatic rings. The van der Waals surface area contributed by atoms with E-state index in [4.69, 9.17) is 0 Å². The molecule has 21 heavy (non-hydrogen) atoms. The lowest BCUT2D eigenvalue weighted by atomic mass is 10.2. The van der Waals surface area contributed by atoms with Crippen LogP contribution in [0, 0.1) is 6.92 Å². The molecule has 5 heteroatoms. The number of benzene rings is 1. The molecule has 2 aromatic rings. The van der Waals surface area contributed by atoms with Crippen LogP contribution in [0.15, 0.2) is 36.5 Å². The molecule has 1 aliphatic heterocycles. The minimum absolute atomic E-state index is 0.357. The van der Waals surface area contributed by atoms with Crippen LogP contribution in [0.5, 0.6) is 0 Å². The van der Waals surface area contributed by atoms with Gasteiger partial charge in [-0.15, -0.1) is 0 Å². The number of aryl methyl sites for hydroxylation is 1. The maximum absolute atomic E-state index is 11.3. The molecule has 0 radical (unpaired) electrons. The third-order valence-corrected chi connectivity index (χ3v) is 4.04. The number of hydrogen-bond donors (Lipinski definition) is 1. The van der Waals surface area contributed by atoms with Crippen molar-refractivity contribution in [1.82, 2.24) is 14.7 Å². The predicted octanol–water partition coefficient (Wildman–Crippen LogP) is 2.23. The van der Waals surface area contributed by atoms with E-state index in [1.165, 1.54) is 0 Å². The number of rotatable bonds is 4. The first-order valence-corrected chi connectivity index (χ1v) is 7.22. The highest BCUT2D eigenvalue weighted by Gasteiger charge is 2.30. The lowest BCUT2D eigenvalue weighted by molar-refractivity contribution is -0.142. The predicted molar refractivity (Wildman–Crippen MR) is 79.4 cm³/mol. The van der Waals surface area contributed by atoms with Crippen molar-refractivity contribution in [2.75, 3.05) is 6.54 Å². The second kappa shape index (κ2) is 5.69. The summed E-state index contributed by atoms with van der Waals surface area (Å²) in [7, 11) is 0. The van der Waals surface area contributed by atoms with Crippen molar-refractivity contribution < 1.29 is 9.90 Å². The summed E-state index contributed by atoms with van der Waals surface area (Å²) in [6.07, 6.45) is 3.69. The van der Waals surface area contributed by atoms with Crippen LogP contribution in [0.25, 0.3) is 5.69 Å². The fourth-order valence-electron chi connectivity index (χ4n) is 2.88. The minimum Gasteiger partial charge on any atom is -0.480 e. The molecular weight excluding hydrogens is 266 g/mol. The quantitative estimate of drug-likeness (QED) is 0.936. The number of carboxylic acids is 1. The van der Waals surface area contributed by atoms with Gasteiger partial charge in [0, 0.05) is 18.3 Å². The van der Waals surface area contributed by atoms with E-state index in [1.54, 1.807) is 0 Å². The molecule has 1 saturated heterocycles. The molecular formula is C16H19N3O2. The van der Waals surface area contributed by atoms with Crippen molar-refractivity contribution in [1.29, 1.82) is 0 Å². The lowest BCUT2D eigenvalue weighted by Gasteiger charge is -2.20. The Morgan fingerprint density at radius 2 is 2.14 bits per heavy atom. The third kappa shape index (κ3) is 2.83. The average molecular weight is 285 g/mol. The Labute approximate surface area is 123 Å². The van der Waals surface area contributed by atoms with Gasteiger partial charge in [-0.05, 0) is 38.4 Å². The third-order valence-electron chi connectivity index (χ3n) is 4.04. The van der Waals surface area contributed by atoms with Crippen molar-refractivity contribution in [3.63, 3.8) is 0 Å². The van der Waals surface area contributed by atoms with Gasteiger partial charge in [0.15, 0.2) is 0 Å². The van der Waals surface area contributed by atoms with Gasteiger partial charge in [0.05, 0.1) is 11.4 Å². The normalized spacial score (nSPS) is 19.0. The van der Waals surface area contributed by atoms with Crippen molar-refractivity contribution in [3.8, 4) is 5.69 Å². The zero-order chi connectivity index (χ0) is 14.8. The molecule has 1 fully saturated rings. The SMILES string of the molecule is Cc1nn(-c2ccccc2)cc1CN1CCC[C@H]1C(=O)O. The van der Waals surface area contributed by atoms with Crippen molar-refractivity contribution in [2.45, 2.75) is 32.4 Å². The van der Waals surface area contributed by atoms with Gasteiger partial charge in [0.2, 0.25) is 0 Å². The Morgan fingerprint density at radius 1 is 1.38 bits per heavy atom. The summed E-state index contributed by atoms with van der Waals surface area (Å²) in [6.45, 7) is 3.46. The van der Waals surface area contributed by atoms with Crippen molar-refractivity contribution in [2.24, 2.45) is 0 Å². The summed E-state index contributed by atoms with van der Waals surface area (Å²) >= 11 is 0. The Hall–Kier alpha value is -2.14. The maximum Gasteiger partial charge on any atom is 0.320 e. The molecule has 1 atom stereocenters. The van der Waals surface area contributed by atoms with Gasteiger partial charge in [-0.3, -0.25) is 9.69 Å². The van der Waals surface area contributed by atoms with Crippen molar-refractivity contribution in [3.05, 3.63) is 47.8 Å². The summed E-state index contributed by atoms with van der Waals surface area (Å²) in [6, 6.07) is 9.59. The van der Waals surface area contributed by atoms with Gasteiger partial charge < -0.3 is 5.11 Å². The Morgan fingerprint density at radius 3 is 2.86 bits per heavy atom. The first-order chi connectivity index (χ1) is 10.1. The van der Waals surface area contributed by atoms with Crippen molar-refractivity contribution >= 4 is 5.97 Å². The summed E-state index contributed by atoms with van der Waals surface area (Å²) in [5, 5.41) is 13.8. The van der Waals surface area contributed by atoms with Crippen LogP contribution in [0.3, 0.4) is 0 Å². The number of likely N-dealkylation sites (tertiary alicyclic amines) is 1. The second-order valence-electron chi connectivity index (χ2n) is 5.49. The molecule has 0 amide bonds. The summed E-state index contributed by atoms with van der Waals surface area (Å²) < 4.78 is 1.86. The van der Waals surface area contributed by atoms with Crippen LogP contribution >= 0.6 is 0 Å². The van der Waals surface area contributed by atoms with Crippen LogP contribution in [0.1, 0.15) is 24.1 Å². The average Bonchev–Trinajstić information content (AvgIpc) is 3.08. The van der Waals surface area contributed by atoms with E-state index in [2.05, 4.69) is 5.10 Å². The number of nitrogens with zero attached hydrogens (tertiary/aromatic N) is 3. The lowest BCUT2D eigenvalue weighted by Crippen LogP contribution is -2.35. The van der Waals surface area contributed by atoms with Crippen LogP contribution in [-0.4, -0.2) is 38.3 Å². The van der Waals surface area contributed by atoms with E-state index in [0.29, 0.717) is 6.54 Å². The van der Waals surface area contributed by atoms with Gasteiger partial charge in [-0.1, -0.05) is 18.2 Å². The largest absolute Gasteiger partial charge is 0.480 e. The van der Waals surface area contributed by atoms with Crippen LogP contribution in [-0.2, 0) is 11.3 Å². The highest BCUT2D eigenvalue weighted by Crippen LogP contribution is 2.22. The number of hydrogen-bond acceptors (Lipinski definition) is 3. The maximum atomic E-state index is 11.3. The second-order valence-corrected chi connectivity index (χ2v) is 5.49. The molecule has 110 valence electrons. The van der Waals surface area contributed by atoms with Crippen LogP contribution < -0.4 is 0 Å². The first-order valence-electron chi connectivity index (χ1n) is 7.22. The number of para-hydroxylation sites is 1. The molecule has 1 N–H and O–H groups in total.